The van der Waals surface area contributed by atoms with E-state index in [0.717, 1.165) is 12.0 Å². The molecule has 5 heteroatoms. The number of carbonyl (C=O) groups excluding carboxylic acids is 1. The molecule has 124 valence electrons. The summed E-state index contributed by atoms with van der Waals surface area (Å²) in [6.07, 6.45) is 1.72. The van der Waals surface area contributed by atoms with Gasteiger partial charge in [-0.3, -0.25) is 9.59 Å². The lowest BCUT2D eigenvalue weighted by Gasteiger charge is -2.33. The Bertz CT molecular complexity index is 615. The lowest BCUT2D eigenvalue weighted by Crippen LogP contribution is -2.45. The van der Waals surface area contributed by atoms with Crippen LogP contribution < -0.4 is 0 Å². The summed E-state index contributed by atoms with van der Waals surface area (Å²) in [6, 6.07) is 7.95. The molecule has 1 aromatic carbocycles. The zero-order valence-corrected chi connectivity index (χ0v) is 13.5. The highest BCUT2D eigenvalue weighted by molar-refractivity contribution is 5.82. The summed E-state index contributed by atoms with van der Waals surface area (Å²) in [7, 11) is 0. The van der Waals surface area contributed by atoms with Crippen molar-refractivity contribution in [3.8, 4) is 0 Å². The van der Waals surface area contributed by atoms with Gasteiger partial charge in [0.2, 0.25) is 5.91 Å². The molecule has 23 heavy (non-hydrogen) atoms. The van der Waals surface area contributed by atoms with E-state index >= 15 is 0 Å². The molecule has 2 saturated heterocycles. The predicted octanol–water partition coefficient (Wildman–Crippen LogP) is 1.74. The Morgan fingerprint density at radius 1 is 1.35 bits per heavy atom. The molecule has 2 heterocycles. The summed E-state index contributed by atoms with van der Waals surface area (Å²) in [5, 5.41) is 9.68. The average Bonchev–Trinajstić information content (AvgIpc) is 2.96. The van der Waals surface area contributed by atoms with E-state index in [4.69, 9.17) is 4.74 Å². The molecular formula is C18H23NO4. The van der Waals surface area contributed by atoms with E-state index in [1.807, 2.05) is 24.3 Å². The highest BCUT2D eigenvalue weighted by Gasteiger charge is 2.54. The molecule has 5 nitrogen and oxygen atoms in total. The second-order valence-electron chi connectivity index (χ2n) is 6.56. The first-order chi connectivity index (χ1) is 11.1. The van der Waals surface area contributed by atoms with Crippen molar-refractivity contribution in [3.05, 3.63) is 35.4 Å². The fourth-order valence-corrected chi connectivity index (χ4v) is 3.84. The first-order valence-electron chi connectivity index (χ1n) is 8.22. The molecule has 0 radical (unpaired) electrons. The molecule has 2 aliphatic rings. The molecule has 0 unspecified atom stereocenters. The van der Waals surface area contributed by atoms with Crippen LogP contribution in [0.3, 0.4) is 0 Å². The van der Waals surface area contributed by atoms with E-state index in [2.05, 4.69) is 6.92 Å². The van der Waals surface area contributed by atoms with Crippen molar-refractivity contribution in [2.75, 3.05) is 26.3 Å². The number of carboxylic acids is 1. The number of hydrogen-bond acceptors (Lipinski definition) is 3. The molecule has 2 fully saturated rings. The van der Waals surface area contributed by atoms with Crippen molar-refractivity contribution in [1.29, 1.82) is 0 Å². The van der Waals surface area contributed by atoms with E-state index in [0.29, 0.717) is 39.1 Å². The number of benzene rings is 1. The molecule has 2 atom stereocenters. The van der Waals surface area contributed by atoms with Gasteiger partial charge in [0.15, 0.2) is 0 Å². The zero-order valence-electron chi connectivity index (χ0n) is 13.5. The van der Waals surface area contributed by atoms with Crippen molar-refractivity contribution in [1.82, 2.24) is 4.90 Å². The summed E-state index contributed by atoms with van der Waals surface area (Å²) in [5.41, 5.74) is 1.39. The van der Waals surface area contributed by atoms with Crippen LogP contribution in [0.25, 0.3) is 0 Å². The molecule has 2 aliphatic heterocycles. The Labute approximate surface area is 136 Å². The Morgan fingerprint density at radius 3 is 2.74 bits per heavy atom. The van der Waals surface area contributed by atoms with Crippen molar-refractivity contribution in [3.63, 3.8) is 0 Å². The Kier molecular flexibility index (Phi) is 4.39. The third-order valence-electron chi connectivity index (χ3n) is 5.33. The minimum absolute atomic E-state index is 0.0147. The van der Waals surface area contributed by atoms with Gasteiger partial charge in [-0.2, -0.15) is 0 Å². The number of likely N-dealkylation sites (tertiary alicyclic amines) is 1. The van der Waals surface area contributed by atoms with Crippen LogP contribution in [-0.2, 0) is 27.2 Å². The molecule has 0 aliphatic carbocycles. The van der Waals surface area contributed by atoms with Gasteiger partial charge in [0, 0.05) is 25.6 Å². The maximum absolute atomic E-state index is 12.7. The quantitative estimate of drug-likeness (QED) is 0.918. The largest absolute Gasteiger partial charge is 0.481 e. The topological polar surface area (TPSA) is 66.8 Å². The Morgan fingerprint density at radius 2 is 2.09 bits per heavy atom. The summed E-state index contributed by atoms with van der Waals surface area (Å²) >= 11 is 0. The maximum Gasteiger partial charge on any atom is 0.311 e. The SMILES string of the molecule is CCc1ccccc1CC(=O)N1C[C@H]2COCC[C@@]2(C(=O)O)C1. The first kappa shape index (κ1) is 16.0. The minimum Gasteiger partial charge on any atom is -0.481 e. The number of aryl methyl sites for hydroxylation is 1. The molecule has 1 aromatic rings. The zero-order chi connectivity index (χ0) is 16.4. The van der Waals surface area contributed by atoms with E-state index in [1.54, 1.807) is 4.90 Å². The smallest absolute Gasteiger partial charge is 0.311 e. The van der Waals surface area contributed by atoms with Crippen molar-refractivity contribution in [2.45, 2.75) is 26.2 Å². The summed E-state index contributed by atoms with van der Waals surface area (Å²) in [6.45, 7) is 3.76. The maximum atomic E-state index is 12.7. The van der Waals surface area contributed by atoms with Crippen LogP contribution in [0, 0.1) is 11.3 Å². The highest BCUT2D eigenvalue weighted by atomic mass is 16.5. The molecular weight excluding hydrogens is 294 g/mol. The highest BCUT2D eigenvalue weighted by Crippen LogP contribution is 2.42. The van der Waals surface area contributed by atoms with Crippen molar-refractivity contribution < 1.29 is 19.4 Å². The molecule has 0 bridgehead atoms. The summed E-state index contributed by atoms with van der Waals surface area (Å²) < 4.78 is 5.44. The summed E-state index contributed by atoms with van der Waals surface area (Å²) in [5.74, 6) is -0.880. The average molecular weight is 317 g/mol. The van der Waals surface area contributed by atoms with E-state index < -0.39 is 11.4 Å². The van der Waals surface area contributed by atoms with Gasteiger partial charge in [-0.15, -0.1) is 0 Å². The number of amides is 1. The molecule has 1 N–H and O–H groups in total. The lowest BCUT2D eigenvalue weighted by molar-refractivity contribution is -0.157. The van der Waals surface area contributed by atoms with Gasteiger partial charge >= 0.3 is 5.97 Å². The van der Waals surface area contributed by atoms with Gasteiger partial charge in [0.25, 0.3) is 0 Å². The molecule has 1 amide bonds. The Hall–Kier alpha value is -1.88. The fourth-order valence-electron chi connectivity index (χ4n) is 3.84. The number of hydrogen-bond donors (Lipinski definition) is 1. The van der Waals surface area contributed by atoms with Crippen LogP contribution in [0.4, 0.5) is 0 Å². The molecule has 0 saturated carbocycles. The lowest BCUT2D eigenvalue weighted by atomic mass is 9.74. The van der Waals surface area contributed by atoms with Crippen LogP contribution >= 0.6 is 0 Å². The van der Waals surface area contributed by atoms with Crippen molar-refractivity contribution in [2.24, 2.45) is 11.3 Å². The molecule has 0 aromatic heterocycles. The van der Waals surface area contributed by atoms with Gasteiger partial charge in [0.1, 0.15) is 0 Å². The normalized spacial score (nSPS) is 26.8. The Balaban J connectivity index is 1.75. The predicted molar refractivity (Wildman–Crippen MR) is 85.1 cm³/mol. The standard InChI is InChI=1S/C18H23NO4/c1-2-13-5-3-4-6-14(13)9-16(20)19-10-15-11-23-8-7-18(15,12-19)17(21)22/h3-6,15H,2,7-12H2,1H3,(H,21,22)/t15-,18+/m0/s1. The van der Waals surface area contributed by atoms with E-state index in [9.17, 15) is 14.7 Å². The van der Waals surface area contributed by atoms with Crippen LogP contribution in [-0.4, -0.2) is 48.2 Å². The number of ether oxygens (including phenoxy) is 1. The monoisotopic (exact) mass is 317 g/mol. The van der Waals surface area contributed by atoms with E-state index in [-0.39, 0.29) is 11.8 Å². The number of fused-ring (bicyclic) bond motifs is 1. The summed E-state index contributed by atoms with van der Waals surface area (Å²) in [4.78, 5) is 26.2. The van der Waals surface area contributed by atoms with Gasteiger partial charge in [0.05, 0.1) is 18.4 Å². The van der Waals surface area contributed by atoms with Gasteiger partial charge < -0.3 is 14.7 Å². The van der Waals surface area contributed by atoms with Crippen molar-refractivity contribution >= 4 is 11.9 Å². The van der Waals surface area contributed by atoms with E-state index in [1.165, 1.54) is 5.56 Å². The first-order valence-corrected chi connectivity index (χ1v) is 8.22. The number of carboxylic acid groups (broad SMARTS) is 1. The third-order valence-corrected chi connectivity index (χ3v) is 5.33. The minimum atomic E-state index is -0.821. The fraction of sp³-hybridized carbons (Fsp3) is 0.556. The van der Waals surface area contributed by atoms with Crippen LogP contribution in [0.5, 0.6) is 0 Å². The van der Waals surface area contributed by atoms with Crippen LogP contribution in [0.1, 0.15) is 24.5 Å². The third kappa shape index (κ3) is 2.85. The van der Waals surface area contributed by atoms with Crippen LogP contribution in [0.15, 0.2) is 24.3 Å². The number of nitrogens with zero attached hydrogens (tertiary/aromatic N) is 1. The number of aliphatic carboxylic acids is 1. The molecule has 3 rings (SSSR count). The van der Waals surface area contributed by atoms with Gasteiger partial charge in [-0.05, 0) is 24.0 Å². The second kappa shape index (κ2) is 6.32. The van der Waals surface area contributed by atoms with Gasteiger partial charge in [-0.1, -0.05) is 31.2 Å². The number of carbonyl (C=O) groups is 2. The molecule has 0 spiro atoms. The van der Waals surface area contributed by atoms with Gasteiger partial charge in [-0.25, -0.2) is 0 Å². The second-order valence-corrected chi connectivity index (χ2v) is 6.56. The number of rotatable bonds is 4. The van der Waals surface area contributed by atoms with Crippen LogP contribution in [0.2, 0.25) is 0 Å².